The number of hydrogen-bond donors (Lipinski definition) is 4. The molecule has 2 amide bonds. The van der Waals surface area contributed by atoms with Gasteiger partial charge in [-0.1, -0.05) is 62.4 Å². The van der Waals surface area contributed by atoms with Crippen molar-refractivity contribution in [2.75, 3.05) is 19.8 Å². The third-order valence-electron chi connectivity index (χ3n) is 5.51. The molecular formula is C24H28N2O6. The summed E-state index contributed by atoms with van der Waals surface area (Å²) in [6, 6.07) is 14.8. The number of aliphatic carboxylic acids is 1. The Morgan fingerprint density at radius 2 is 1.59 bits per heavy atom. The second-order valence-electron chi connectivity index (χ2n) is 8.66. The first-order valence-corrected chi connectivity index (χ1v) is 10.4. The first-order valence-electron chi connectivity index (χ1n) is 10.4. The van der Waals surface area contributed by atoms with Crippen molar-refractivity contribution < 1.29 is 29.3 Å². The smallest absolute Gasteiger partial charge is 0.407 e. The number of benzene rings is 2. The maximum atomic E-state index is 12.3. The van der Waals surface area contributed by atoms with Crippen LogP contribution in [0, 0.1) is 5.41 Å². The number of fused-ring (bicyclic) bond motifs is 3. The van der Waals surface area contributed by atoms with Gasteiger partial charge in [0.25, 0.3) is 0 Å². The quantitative estimate of drug-likeness (QED) is 0.475. The number of ether oxygens (including phenoxy) is 1. The lowest BCUT2D eigenvalue weighted by molar-refractivity contribution is -0.143. The molecule has 0 unspecified atom stereocenters. The predicted octanol–water partition coefficient (Wildman–Crippen LogP) is 2.50. The molecule has 1 aliphatic carbocycles. The Morgan fingerprint density at radius 1 is 1.03 bits per heavy atom. The zero-order chi connectivity index (χ0) is 23.3. The van der Waals surface area contributed by atoms with Crippen LogP contribution in [-0.2, 0) is 14.3 Å². The van der Waals surface area contributed by atoms with Crippen LogP contribution in [-0.4, -0.2) is 54.0 Å². The Kier molecular flexibility index (Phi) is 7.15. The molecule has 170 valence electrons. The van der Waals surface area contributed by atoms with Gasteiger partial charge in [0.15, 0.2) is 0 Å². The molecule has 0 fully saturated rings. The third kappa shape index (κ3) is 5.45. The topological polar surface area (TPSA) is 125 Å². The van der Waals surface area contributed by atoms with Crippen molar-refractivity contribution >= 4 is 18.0 Å². The van der Waals surface area contributed by atoms with Gasteiger partial charge in [0.05, 0.1) is 6.61 Å². The number of rotatable bonds is 9. The largest absolute Gasteiger partial charge is 0.480 e. The molecule has 8 nitrogen and oxygen atoms in total. The molecule has 0 aromatic heterocycles. The highest BCUT2D eigenvalue weighted by atomic mass is 16.5. The average Bonchev–Trinajstić information content (AvgIpc) is 3.08. The second-order valence-corrected chi connectivity index (χ2v) is 8.66. The second kappa shape index (κ2) is 9.82. The molecule has 0 aliphatic heterocycles. The van der Waals surface area contributed by atoms with Gasteiger partial charge in [-0.2, -0.15) is 0 Å². The summed E-state index contributed by atoms with van der Waals surface area (Å²) in [4.78, 5) is 35.3. The molecule has 0 heterocycles. The van der Waals surface area contributed by atoms with Crippen LogP contribution >= 0.6 is 0 Å². The van der Waals surface area contributed by atoms with Crippen molar-refractivity contribution in [3.8, 4) is 11.1 Å². The number of nitrogens with one attached hydrogen (secondary N) is 2. The van der Waals surface area contributed by atoms with Gasteiger partial charge >= 0.3 is 12.1 Å². The Labute approximate surface area is 186 Å². The lowest BCUT2D eigenvalue weighted by atomic mass is 9.89. The summed E-state index contributed by atoms with van der Waals surface area (Å²) >= 11 is 0. The van der Waals surface area contributed by atoms with Gasteiger partial charge in [-0.15, -0.1) is 0 Å². The molecule has 0 saturated carbocycles. The fraction of sp³-hybridized carbons (Fsp3) is 0.375. The fourth-order valence-electron chi connectivity index (χ4n) is 3.89. The van der Waals surface area contributed by atoms with E-state index in [0.29, 0.717) is 0 Å². The van der Waals surface area contributed by atoms with Gasteiger partial charge in [-0.25, -0.2) is 9.59 Å². The number of carbonyl (C=O) groups excluding carboxylic acids is 2. The van der Waals surface area contributed by atoms with Crippen LogP contribution in [0.5, 0.6) is 0 Å². The van der Waals surface area contributed by atoms with Crippen molar-refractivity contribution in [1.29, 1.82) is 0 Å². The Bertz CT molecular complexity index is 958. The molecule has 3 rings (SSSR count). The summed E-state index contributed by atoms with van der Waals surface area (Å²) in [7, 11) is 0. The van der Waals surface area contributed by atoms with E-state index in [2.05, 4.69) is 22.8 Å². The summed E-state index contributed by atoms with van der Waals surface area (Å²) < 4.78 is 5.49. The highest BCUT2D eigenvalue weighted by Gasteiger charge is 2.30. The minimum absolute atomic E-state index is 0.0273. The van der Waals surface area contributed by atoms with Crippen LogP contribution in [0.1, 0.15) is 37.3 Å². The van der Waals surface area contributed by atoms with E-state index in [1.807, 2.05) is 36.4 Å². The fourth-order valence-corrected chi connectivity index (χ4v) is 3.89. The molecular weight excluding hydrogens is 412 g/mol. The van der Waals surface area contributed by atoms with Crippen molar-refractivity contribution in [3.05, 3.63) is 59.7 Å². The van der Waals surface area contributed by atoms with E-state index in [1.54, 1.807) is 13.8 Å². The van der Waals surface area contributed by atoms with Gasteiger partial charge in [0, 0.05) is 18.9 Å². The van der Waals surface area contributed by atoms with E-state index in [4.69, 9.17) is 14.9 Å². The molecule has 0 bridgehead atoms. The zero-order valence-electron chi connectivity index (χ0n) is 18.1. The van der Waals surface area contributed by atoms with Crippen LogP contribution < -0.4 is 10.6 Å². The SMILES string of the molecule is CC(C)(CNC(=O)OCC1c2ccccc2-c2ccccc21)CC(=O)N[C@@H](CO)C(=O)O. The molecule has 2 aromatic carbocycles. The third-order valence-corrected chi connectivity index (χ3v) is 5.51. The van der Waals surface area contributed by atoms with Crippen molar-refractivity contribution in [2.45, 2.75) is 32.2 Å². The number of carboxylic acids is 1. The first-order chi connectivity index (χ1) is 15.2. The number of carboxylic acid groups (broad SMARTS) is 1. The van der Waals surface area contributed by atoms with E-state index in [-0.39, 0.29) is 25.5 Å². The molecule has 2 aromatic rings. The predicted molar refractivity (Wildman–Crippen MR) is 118 cm³/mol. The summed E-state index contributed by atoms with van der Waals surface area (Å²) in [6.45, 7) is 3.20. The summed E-state index contributed by atoms with van der Waals surface area (Å²) in [5.41, 5.74) is 3.89. The Morgan fingerprint density at radius 3 is 2.12 bits per heavy atom. The van der Waals surface area contributed by atoms with Crippen molar-refractivity contribution in [3.63, 3.8) is 0 Å². The maximum Gasteiger partial charge on any atom is 0.407 e. The van der Waals surface area contributed by atoms with Crippen LogP contribution in [0.15, 0.2) is 48.5 Å². The van der Waals surface area contributed by atoms with Crippen molar-refractivity contribution in [1.82, 2.24) is 10.6 Å². The van der Waals surface area contributed by atoms with Crippen molar-refractivity contribution in [2.24, 2.45) is 5.41 Å². The van der Waals surface area contributed by atoms with Gasteiger partial charge in [0.2, 0.25) is 5.91 Å². The van der Waals surface area contributed by atoms with E-state index in [0.717, 1.165) is 22.3 Å². The minimum atomic E-state index is -1.35. The number of hydrogen-bond acceptors (Lipinski definition) is 5. The number of alkyl carbamates (subject to hydrolysis) is 1. The number of aliphatic hydroxyl groups is 1. The van der Waals surface area contributed by atoms with Gasteiger partial charge in [0.1, 0.15) is 12.6 Å². The lowest BCUT2D eigenvalue weighted by Crippen LogP contribution is -2.45. The van der Waals surface area contributed by atoms with Gasteiger partial charge in [-0.3, -0.25) is 4.79 Å². The zero-order valence-corrected chi connectivity index (χ0v) is 18.1. The molecule has 4 N–H and O–H groups in total. The lowest BCUT2D eigenvalue weighted by Gasteiger charge is -2.25. The molecule has 32 heavy (non-hydrogen) atoms. The molecule has 1 aliphatic rings. The summed E-state index contributed by atoms with van der Waals surface area (Å²) in [5, 5.41) is 22.9. The Hall–Kier alpha value is -3.39. The van der Waals surface area contributed by atoms with Gasteiger partial charge < -0.3 is 25.6 Å². The highest BCUT2D eigenvalue weighted by Crippen LogP contribution is 2.44. The van der Waals surface area contributed by atoms with Gasteiger partial charge in [-0.05, 0) is 27.7 Å². The molecule has 8 heteroatoms. The summed E-state index contributed by atoms with van der Waals surface area (Å²) in [6.07, 6.45) is -0.611. The number of carbonyl (C=O) groups is 3. The molecule has 0 saturated heterocycles. The van der Waals surface area contributed by atoms with Crippen LogP contribution in [0.25, 0.3) is 11.1 Å². The molecule has 1 atom stereocenters. The number of aliphatic hydroxyl groups excluding tert-OH is 1. The first kappa shape index (κ1) is 23.3. The van der Waals surface area contributed by atoms with E-state index in [9.17, 15) is 14.4 Å². The standard InChI is InChI=1S/C24H28N2O6/c1-24(2,11-21(28)26-20(12-27)22(29)30)14-25-23(31)32-13-19-17-9-5-3-7-15(17)16-8-4-6-10-18(16)19/h3-10,19-20,27H,11-14H2,1-2H3,(H,25,31)(H,26,28)(H,29,30)/t20-/m0/s1. The van der Waals surface area contributed by atoms with E-state index >= 15 is 0 Å². The van der Waals surface area contributed by atoms with Crippen LogP contribution in [0.3, 0.4) is 0 Å². The molecule has 0 spiro atoms. The van der Waals surface area contributed by atoms with Crippen LogP contribution in [0.2, 0.25) is 0 Å². The summed E-state index contributed by atoms with van der Waals surface area (Å²) in [5.74, 6) is -1.88. The Balaban J connectivity index is 1.52. The number of amides is 2. The molecule has 0 radical (unpaired) electrons. The normalized spacial score (nSPS) is 13.6. The average molecular weight is 440 g/mol. The monoisotopic (exact) mass is 440 g/mol. The van der Waals surface area contributed by atoms with E-state index < -0.39 is 36.0 Å². The highest BCUT2D eigenvalue weighted by molar-refractivity contribution is 5.84. The minimum Gasteiger partial charge on any atom is -0.480 e. The maximum absolute atomic E-state index is 12.3. The van der Waals surface area contributed by atoms with E-state index in [1.165, 1.54) is 0 Å². The van der Waals surface area contributed by atoms with Crippen LogP contribution in [0.4, 0.5) is 4.79 Å².